The van der Waals surface area contributed by atoms with Crippen molar-refractivity contribution in [2.45, 2.75) is 19.5 Å². The van der Waals surface area contributed by atoms with Gasteiger partial charge < -0.3 is 19.7 Å². The largest absolute Gasteiger partial charge is 0.486 e. The molecule has 1 heterocycles. The molecule has 0 saturated carbocycles. The summed E-state index contributed by atoms with van der Waals surface area (Å²) in [5.74, 6) is -0.0112. The number of carbonyl (C=O) groups is 2. The van der Waals surface area contributed by atoms with Gasteiger partial charge in [0.15, 0.2) is 11.5 Å². The number of fused-ring (bicyclic) bond motifs is 1. The van der Waals surface area contributed by atoms with Crippen molar-refractivity contribution in [1.82, 2.24) is 10.2 Å². The van der Waals surface area contributed by atoms with Crippen LogP contribution in [0.1, 0.15) is 12.5 Å². The average molecular weight is 496 g/mol. The number of hydrogen-bond acceptors (Lipinski definition) is 6. The Bertz CT molecular complexity index is 1120. The zero-order valence-electron chi connectivity index (χ0n) is 18.6. The van der Waals surface area contributed by atoms with Crippen molar-refractivity contribution in [3.63, 3.8) is 0 Å². The smallest absolute Gasteiger partial charge is 0.244 e. The lowest BCUT2D eigenvalue weighted by Crippen LogP contribution is -2.50. The van der Waals surface area contributed by atoms with E-state index < -0.39 is 28.5 Å². The number of ether oxygens (including phenoxy) is 2. The normalized spacial score (nSPS) is 13.7. The maximum absolute atomic E-state index is 13.4. The summed E-state index contributed by atoms with van der Waals surface area (Å²) >= 11 is 5.95. The van der Waals surface area contributed by atoms with E-state index >= 15 is 0 Å². The minimum atomic E-state index is -3.83. The fourth-order valence-corrected chi connectivity index (χ4v) is 4.35. The van der Waals surface area contributed by atoms with Crippen LogP contribution in [0.5, 0.6) is 11.5 Å². The molecule has 1 N–H and O–H groups in total. The molecule has 0 aromatic heterocycles. The molecule has 0 fully saturated rings. The second-order valence-corrected chi connectivity index (χ2v) is 9.88. The van der Waals surface area contributed by atoms with E-state index in [1.54, 1.807) is 43.3 Å². The van der Waals surface area contributed by atoms with E-state index in [1.165, 1.54) is 18.0 Å². The van der Waals surface area contributed by atoms with Gasteiger partial charge in [0, 0.05) is 24.7 Å². The molecule has 1 unspecified atom stereocenters. The number of halogens is 1. The molecule has 0 aliphatic carbocycles. The van der Waals surface area contributed by atoms with Crippen LogP contribution in [0, 0.1) is 0 Å². The predicted molar refractivity (Wildman–Crippen MR) is 125 cm³/mol. The lowest BCUT2D eigenvalue weighted by molar-refractivity contribution is -0.139. The number of amides is 2. The van der Waals surface area contributed by atoms with Crippen molar-refractivity contribution in [2.24, 2.45) is 0 Å². The van der Waals surface area contributed by atoms with Crippen LogP contribution in [0.4, 0.5) is 5.69 Å². The van der Waals surface area contributed by atoms with Crippen LogP contribution in [-0.4, -0.2) is 64.2 Å². The highest BCUT2D eigenvalue weighted by Crippen LogP contribution is 2.34. The van der Waals surface area contributed by atoms with Gasteiger partial charge >= 0.3 is 0 Å². The van der Waals surface area contributed by atoms with Gasteiger partial charge in [0.1, 0.15) is 25.8 Å². The summed E-state index contributed by atoms with van der Waals surface area (Å²) in [4.78, 5) is 27.0. The molecule has 9 nitrogen and oxygen atoms in total. The van der Waals surface area contributed by atoms with Crippen molar-refractivity contribution in [3.05, 3.63) is 53.1 Å². The molecule has 1 aliphatic rings. The van der Waals surface area contributed by atoms with E-state index in [1.807, 2.05) is 0 Å². The Balaban J connectivity index is 1.91. The van der Waals surface area contributed by atoms with Gasteiger partial charge in [-0.15, -0.1) is 0 Å². The van der Waals surface area contributed by atoms with Crippen LogP contribution in [0.2, 0.25) is 5.02 Å². The number of benzene rings is 2. The zero-order valence-corrected chi connectivity index (χ0v) is 20.1. The van der Waals surface area contributed by atoms with Crippen LogP contribution in [-0.2, 0) is 26.2 Å². The van der Waals surface area contributed by atoms with E-state index in [-0.39, 0.29) is 18.1 Å². The van der Waals surface area contributed by atoms with Crippen molar-refractivity contribution in [2.75, 3.05) is 37.4 Å². The van der Waals surface area contributed by atoms with Crippen molar-refractivity contribution < 1.29 is 27.5 Å². The van der Waals surface area contributed by atoms with Gasteiger partial charge in [-0.2, -0.15) is 0 Å². The number of hydrogen-bond donors (Lipinski definition) is 1. The number of rotatable bonds is 8. The van der Waals surface area contributed by atoms with Gasteiger partial charge in [-0.25, -0.2) is 8.42 Å². The van der Waals surface area contributed by atoms with Crippen molar-refractivity contribution >= 4 is 39.1 Å². The average Bonchev–Trinajstić information content (AvgIpc) is 2.80. The van der Waals surface area contributed by atoms with Gasteiger partial charge in [-0.3, -0.25) is 13.9 Å². The Morgan fingerprint density at radius 3 is 2.33 bits per heavy atom. The molecule has 0 radical (unpaired) electrons. The first-order chi connectivity index (χ1) is 15.6. The maximum atomic E-state index is 13.4. The molecule has 1 aliphatic heterocycles. The fraction of sp³-hybridized carbons (Fsp3) is 0.364. The van der Waals surface area contributed by atoms with Crippen LogP contribution in [0.15, 0.2) is 42.5 Å². The number of carbonyl (C=O) groups excluding carboxylic acids is 2. The molecule has 3 rings (SSSR count). The third-order valence-electron chi connectivity index (χ3n) is 5.17. The quantitative estimate of drug-likeness (QED) is 0.601. The molecule has 178 valence electrons. The second-order valence-electron chi connectivity index (χ2n) is 7.54. The summed E-state index contributed by atoms with van der Waals surface area (Å²) in [7, 11) is -2.36. The zero-order chi connectivity index (χ0) is 24.2. The second kappa shape index (κ2) is 10.3. The molecule has 33 heavy (non-hydrogen) atoms. The fourth-order valence-electron chi connectivity index (χ4n) is 3.38. The van der Waals surface area contributed by atoms with Crippen molar-refractivity contribution in [1.29, 1.82) is 0 Å². The van der Waals surface area contributed by atoms with E-state index in [2.05, 4.69) is 5.32 Å². The third-order valence-corrected chi connectivity index (χ3v) is 6.57. The van der Waals surface area contributed by atoms with Crippen LogP contribution < -0.4 is 19.1 Å². The van der Waals surface area contributed by atoms with Crippen molar-refractivity contribution in [3.8, 4) is 11.5 Å². The van der Waals surface area contributed by atoms with Gasteiger partial charge in [-0.1, -0.05) is 23.7 Å². The summed E-state index contributed by atoms with van der Waals surface area (Å²) in [5, 5.41) is 3.07. The summed E-state index contributed by atoms with van der Waals surface area (Å²) in [6, 6.07) is 10.7. The molecule has 1 atom stereocenters. The maximum Gasteiger partial charge on any atom is 0.244 e. The number of anilines is 1. The Hall–Kier alpha value is -2.98. The molecule has 2 aromatic rings. The first-order valence-corrected chi connectivity index (χ1v) is 12.5. The summed E-state index contributed by atoms with van der Waals surface area (Å²) in [5.41, 5.74) is 1.00. The topological polar surface area (TPSA) is 105 Å². The minimum absolute atomic E-state index is 0.101. The molecule has 2 aromatic carbocycles. The molecule has 0 spiro atoms. The molecule has 11 heteroatoms. The monoisotopic (exact) mass is 495 g/mol. The summed E-state index contributed by atoms with van der Waals surface area (Å²) in [6.45, 7) is 1.93. The highest BCUT2D eigenvalue weighted by atomic mass is 35.5. The lowest BCUT2D eigenvalue weighted by Gasteiger charge is -2.31. The lowest BCUT2D eigenvalue weighted by atomic mass is 10.1. The summed E-state index contributed by atoms with van der Waals surface area (Å²) in [6.07, 6.45) is 1.02. The van der Waals surface area contributed by atoms with Gasteiger partial charge in [0.25, 0.3) is 0 Å². The molecule has 0 saturated heterocycles. The Morgan fingerprint density at radius 2 is 1.73 bits per heavy atom. The van der Waals surface area contributed by atoms with Crippen LogP contribution >= 0.6 is 11.6 Å². The van der Waals surface area contributed by atoms with E-state index in [0.717, 1.165) is 16.1 Å². The first kappa shape index (κ1) is 24.7. The highest BCUT2D eigenvalue weighted by Gasteiger charge is 2.30. The van der Waals surface area contributed by atoms with E-state index in [0.29, 0.717) is 29.7 Å². The number of sulfonamides is 1. The number of nitrogens with one attached hydrogen (secondary N) is 1. The molecule has 2 amide bonds. The minimum Gasteiger partial charge on any atom is -0.486 e. The standard InChI is InChI=1S/C22H26ClN3O6S/c1-15(22(28)24-2)25(13-16-4-6-17(23)7-5-16)21(27)14-26(33(3,29)30)18-8-9-19-20(12-18)32-11-10-31-19/h4-9,12,15H,10-11,13-14H2,1-3H3,(H,24,28). The number of nitrogens with zero attached hydrogens (tertiary/aromatic N) is 2. The highest BCUT2D eigenvalue weighted by molar-refractivity contribution is 7.92. The predicted octanol–water partition coefficient (Wildman–Crippen LogP) is 2.04. The van der Waals surface area contributed by atoms with Crippen LogP contribution in [0.25, 0.3) is 0 Å². The Labute approximate surface area is 198 Å². The summed E-state index contributed by atoms with van der Waals surface area (Å²) < 4.78 is 37.2. The molecule has 0 bridgehead atoms. The third kappa shape index (κ3) is 6.08. The molecular weight excluding hydrogens is 470 g/mol. The Morgan fingerprint density at radius 1 is 1.09 bits per heavy atom. The molecular formula is C22H26ClN3O6S. The Kier molecular flexibility index (Phi) is 7.70. The van der Waals surface area contributed by atoms with E-state index in [9.17, 15) is 18.0 Å². The van der Waals surface area contributed by atoms with Crippen LogP contribution in [0.3, 0.4) is 0 Å². The number of likely N-dealkylation sites (N-methyl/N-ethyl adjacent to an activating group) is 1. The van der Waals surface area contributed by atoms with Gasteiger partial charge in [-0.05, 0) is 36.8 Å². The van der Waals surface area contributed by atoms with Gasteiger partial charge in [0.05, 0.1) is 11.9 Å². The first-order valence-electron chi connectivity index (χ1n) is 10.2. The van der Waals surface area contributed by atoms with E-state index in [4.69, 9.17) is 21.1 Å². The van der Waals surface area contributed by atoms with Gasteiger partial charge in [0.2, 0.25) is 21.8 Å². The SMILES string of the molecule is CNC(=O)C(C)N(Cc1ccc(Cl)cc1)C(=O)CN(c1ccc2c(c1)OCCO2)S(C)(=O)=O.